The van der Waals surface area contributed by atoms with Gasteiger partial charge < -0.3 is 16.2 Å². The van der Waals surface area contributed by atoms with Gasteiger partial charge in [-0.25, -0.2) is 13.1 Å². The van der Waals surface area contributed by atoms with Gasteiger partial charge in [-0.15, -0.1) is 12.4 Å². The Hall–Kier alpha value is -1.06. The number of nitrogens with one attached hydrogen (secondary N) is 1. The topological polar surface area (TPSA) is 125 Å². The number of carbonyl (C=O) groups is 1. The quantitative estimate of drug-likeness (QED) is 0.585. The molecule has 1 atom stereocenters. The Labute approximate surface area is 165 Å². The molecule has 0 heterocycles. The van der Waals surface area contributed by atoms with Gasteiger partial charge in [0.05, 0.1) is 0 Å². The zero-order valence-electron chi connectivity index (χ0n) is 14.3. The number of rotatable bonds is 8. The molecule has 7 nitrogen and oxygen atoms in total. The van der Waals surface area contributed by atoms with Gasteiger partial charge in [0.15, 0.2) is 6.61 Å². The molecule has 26 heavy (non-hydrogen) atoms. The fourth-order valence-corrected chi connectivity index (χ4v) is 4.82. The minimum Gasteiger partial charge on any atom is -0.482 e. The molecule has 0 aromatic heterocycles. The van der Waals surface area contributed by atoms with Crippen molar-refractivity contribution in [2.24, 2.45) is 17.4 Å². The molecular weight excluding hydrogens is 401 g/mol. The molecule has 0 radical (unpaired) electrons. The summed E-state index contributed by atoms with van der Waals surface area (Å²) in [6.07, 6.45) is 5.22. The molecule has 0 spiro atoms. The highest BCUT2D eigenvalue weighted by Gasteiger charge is 2.29. The first kappa shape index (κ1) is 23.0. The van der Waals surface area contributed by atoms with Crippen LogP contribution in [0.15, 0.2) is 23.1 Å². The Morgan fingerprint density at radius 2 is 1.96 bits per heavy atom. The van der Waals surface area contributed by atoms with Gasteiger partial charge in [-0.05, 0) is 37.0 Å². The van der Waals surface area contributed by atoms with Crippen molar-refractivity contribution in [1.29, 1.82) is 0 Å². The summed E-state index contributed by atoms with van der Waals surface area (Å²) >= 11 is 5.94. The Morgan fingerprint density at radius 1 is 1.31 bits per heavy atom. The van der Waals surface area contributed by atoms with Crippen LogP contribution in [0.2, 0.25) is 5.02 Å². The van der Waals surface area contributed by atoms with E-state index >= 15 is 0 Å². The van der Waals surface area contributed by atoms with Crippen LogP contribution >= 0.6 is 24.0 Å². The summed E-state index contributed by atoms with van der Waals surface area (Å²) in [5.74, 6) is -0.467. The third-order valence-corrected chi connectivity index (χ3v) is 6.09. The molecule has 0 bridgehead atoms. The van der Waals surface area contributed by atoms with E-state index in [0.29, 0.717) is 0 Å². The monoisotopic (exact) mass is 425 g/mol. The number of hydrogen-bond donors (Lipinski definition) is 3. The molecule has 2 rings (SSSR count). The Kier molecular flexibility index (Phi) is 9.12. The Morgan fingerprint density at radius 3 is 2.54 bits per heavy atom. The zero-order chi connectivity index (χ0) is 18.4. The van der Waals surface area contributed by atoms with Gasteiger partial charge in [-0.2, -0.15) is 0 Å². The van der Waals surface area contributed by atoms with Crippen molar-refractivity contribution in [3.05, 3.63) is 23.2 Å². The second-order valence-corrected chi connectivity index (χ2v) is 8.33. The largest absolute Gasteiger partial charge is 0.482 e. The summed E-state index contributed by atoms with van der Waals surface area (Å²) < 4.78 is 33.6. The van der Waals surface area contributed by atoms with Crippen LogP contribution < -0.4 is 20.9 Å². The van der Waals surface area contributed by atoms with E-state index in [9.17, 15) is 13.2 Å². The normalized spacial score (nSPS) is 16.5. The van der Waals surface area contributed by atoms with Gasteiger partial charge in [0.1, 0.15) is 10.6 Å². The first-order valence-electron chi connectivity index (χ1n) is 8.26. The predicted molar refractivity (Wildman–Crippen MR) is 103 cm³/mol. The standard InChI is InChI=1S/C16H24ClN3O4S.ClH/c17-12-6-7-14(24-10-16(19)21)15(8-12)25(22,23)20-13(9-18)11-4-2-1-3-5-11;/h6-8,11,13,20H,1-5,9-10,18H2,(H2,19,21);1H. The first-order chi connectivity index (χ1) is 11.8. The van der Waals surface area contributed by atoms with E-state index in [-0.39, 0.29) is 46.6 Å². The van der Waals surface area contributed by atoms with Crippen LogP contribution in [0.4, 0.5) is 0 Å². The van der Waals surface area contributed by atoms with Crippen molar-refractivity contribution in [3.63, 3.8) is 0 Å². The maximum absolute atomic E-state index is 12.8. The summed E-state index contributed by atoms with van der Waals surface area (Å²) in [5, 5.41) is 0.244. The lowest BCUT2D eigenvalue weighted by molar-refractivity contribution is -0.120. The number of halogens is 2. The molecule has 1 saturated carbocycles. The molecule has 1 amide bonds. The van der Waals surface area contributed by atoms with Gasteiger partial charge in [0.2, 0.25) is 10.0 Å². The third kappa shape index (κ3) is 6.28. The van der Waals surface area contributed by atoms with Crippen LogP contribution in [-0.4, -0.2) is 33.5 Å². The van der Waals surface area contributed by atoms with Crippen molar-refractivity contribution in [2.45, 2.75) is 43.0 Å². The van der Waals surface area contributed by atoms with E-state index in [0.717, 1.165) is 25.7 Å². The number of primary amides is 1. The second-order valence-electron chi connectivity index (χ2n) is 6.21. The average Bonchev–Trinajstić information content (AvgIpc) is 2.59. The van der Waals surface area contributed by atoms with Crippen molar-refractivity contribution < 1.29 is 17.9 Å². The SMILES string of the molecule is Cl.NCC(NS(=O)(=O)c1cc(Cl)ccc1OCC(N)=O)C1CCCCC1. The highest BCUT2D eigenvalue weighted by atomic mass is 35.5. The number of carbonyl (C=O) groups excluding carboxylic acids is 1. The van der Waals surface area contributed by atoms with E-state index in [4.69, 9.17) is 27.8 Å². The van der Waals surface area contributed by atoms with E-state index in [2.05, 4.69) is 4.72 Å². The van der Waals surface area contributed by atoms with Crippen LogP contribution in [0.1, 0.15) is 32.1 Å². The fraction of sp³-hybridized carbons (Fsp3) is 0.562. The molecular formula is C16H25Cl2N3O4S. The third-order valence-electron chi connectivity index (χ3n) is 4.34. The summed E-state index contributed by atoms with van der Waals surface area (Å²) in [6.45, 7) is -0.213. The molecule has 0 aliphatic heterocycles. The van der Waals surface area contributed by atoms with Crippen LogP contribution in [0.25, 0.3) is 0 Å². The van der Waals surface area contributed by atoms with Crippen molar-refractivity contribution in [1.82, 2.24) is 4.72 Å². The van der Waals surface area contributed by atoms with E-state index < -0.39 is 22.5 Å². The average molecular weight is 426 g/mol. The van der Waals surface area contributed by atoms with Crippen LogP contribution in [0.5, 0.6) is 5.75 Å². The smallest absolute Gasteiger partial charge is 0.255 e. The number of sulfonamides is 1. The van der Waals surface area contributed by atoms with E-state index in [1.807, 2.05) is 0 Å². The molecule has 1 unspecified atom stereocenters. The van der Waals surface area contributed by atoms with Crippen molar-refractivity contribution in [2.75, 3.05) is 13.2 Å². The Balaban J connectivity index is 0.00000338. The predicted octanol–water partition coefficient (Wildman–Crippen LogP) is 1.81. The first-order valence-corrected chi connectivity index (χ1v) is 10.1. The van der Waals surface area contributed by atoms with E-state index in [1.54, 1.807) is 0 Å². The molecule has 10 heteroatoms. The lowest BCUT2D eigenvalue weighted by atomic mass is 9.84. The van der Waals surface area contributed by atoms with Crippen molar-refractivity contribution in [3.8, 4) is 5.75 Å². The molecule has 1 aliphatic rings. The van der Waals surface area contributed by atoms with Gasteiger partial charge in [-0.1, -0.05) is 30.9 Å². The van der Waals surface area contributed by atoms with Crippen LogP contribution in [-0.2, 0) is 14.8 Å². The number of amides is 1. The number of ether oxygens (including phenoxy) is 1. The second kappa shape index (κ2) is 10.3. The minimum absolute atomic E-state index is 0. The van der Waals surface area contributed by atoms with Crippen molar-refractivity contribution >= 4 is 39.9 Å². The summed E-state index contributed by atoms with van der Waals surface area (Å²) in [7, 11) is -3.91. The van der Waals surface area contributed by atoms with Gasteiger partial charge >= 0.3 is 0 Å². The highest BCUT2D eigenvalue weighted by molar-refractivity contribution is 7.89. The maximum Gasteiger partial charge on any atom is 0.255 e. The number of hydrogen-bond acceptors (Lipinski definition) is 5. The maximum atomic E-state index is 12.8. The van der Waals surface area contributed by atoms with Crippen LogP contribution in [0, 0.1) is 5.92 Å². The number of nitrogens with two attached hydrogens (primary N) is 2. The van der Waals surface area contributed by atoms with Gasteiger partial charge in [0, 0.05) is 17.6 Å². The molecule has 1 fully saturated rings. The minimum atomic E-state index is -3.91. The van der Waals surface area contributed by atoms with E-state index in [1.165, 1.54) is 24.6 Å². The molecule has 1 aromatic carbocycles. The van der Waals surface area contributed by atoms with Gasteiger partial charge in [0.25, 0.3) is 5.91 Å². The summed E-state index contributed by atoms with van der Waals surface area (Å²) in [4.78, 5) is 10.8. The molecule has 0 saturated heterocycles. The fourth-order valence-electron chi connectivity index (χ4n) is 3.10. The molecule has 5 N–H and O–H groups in total. The highest BCUT2D eigenvalue weighted by Crippen LogP contribution is 2.30. The lowest BCUT2D eigenvalue weighted by Crippen LogP contribution is -2.45. The van der Waals surface area contributed by atoms with Crippen LogP contribution in [0.3, 0.4) is 0 Å². The Bertz CT molecular complexity index is 709. The van der Waals surface area contributed by atoms with Gasteiger partial charge in [-0.3, -0.25) is 4.79 Å². The molecule has 1 aromatic rings. The number of benzene rings is 1. The summed E-state index contributed by atoms with van der Waals surface area (Å²) in [5.41, 5.74) is 10.9. The lowest BCUT2D eigenvalue weighted by Gasteiger charge is -2.30. The summed E-state index contributed by atoms with van der Waals surface area (Å²) in [6, 6.07) is 3.82. The zero-order valence-corrected chi connectivity index (χ0v) is 16.7. The molecule has 1 aliphatic carbocycles. The molecule has 148 valence electrons.